The van der Waals surface area contributed by atoms with E-state index in [0.29, 0.717) is 17.9 Å². The van der Waals surface area contributed by atoms with Gasteiger partial charge in [-0.3, -0.25) is 9.69 Å². The van der Waals surface area contributed by atoms with Crippen LogP contribution in [0.5, 0.6) is 0 Å². The van der Waals surface area contributed by atoms with Gasteiger partial charge >= 0.3 is 0 Å². The summed E-state index contributed by atoms with van der Waals surface area (Å²) >= 11 is 0. The van der Waals surface area contributed by atoms with Gasteiger partial charge in [0, 0.05) is 46.3 Å². The summed E-state index contributed by atoms with van der Waals surface area (Å²) in [5, 5.41) is 6.83. The fourth-order valence-electron chi connectivity index (χ4n) is 3.02. The van der Waals surface area contributed by atoms with Crippen LogP contribution in [-0.4, -0.2) is 68.0 Å². The number of rotatable bonds is 7. The standard InChI is InChI=1S/C21H34FN5O.HI/c1-16(2)13-23-21(24-14-20(28)26(3)4)25-19-9-11-27(12-10-19)15-17-5-7-18(22)8-6-17;/h5-8,16,19H,9-15H2,1-4H3,(H2,23,24,25);1H. The molecule has 0 aromatic heterocycles. The van der Waals surface area contributed by atoms with E-state index in [1.54, 1.807) is 19.0 Å². The molecule has 1 fully saturated rings. The maximum absolute atomic E-state index is 13.0. The quantitative estimate of drug-likeness (QED) is 0.331. The fraction of sp³-hybridized carbons (Fsp3) is 0.619. The lowest BCUT2D eigenvalue weighted by Gasteiger charge is -2.33. The number of benzene rings is 1. The molecule has 1 aliphatic rings. The zero-order valence-corrected chi connectivity index (χ0v) is 20.3. The van der Waals surface area contributed by atoms with E-state index in [4.69, 9.17) is 0 Å². The second-order valence-electron chi connectivity index (χ2n) is 8.05. The molecule has 0 aliphatic carbocycles. The molecule has 2 N–H and O–H groups in total. The van der Waals surface area contributed by atoms with Gasteiger partial charge in [-0.1, -0.05) is 26.0 Å². The number of halogens is 2. The first-order valence-corrected chi connectivity index (χ1v) is 10.0. The highest BCUT2D eigenvalue weighted by molar-refractivity contribution is 14.0. The van der Waals surface area contributed by atoms with Crippen LogP contribution in [0.1, 0.15) is 32.3 Å². The van der Waals surface area contributed by atoms with Crippen molar-refractivity contribution in [3.63, 3.8) is 0 Å². The number of aliphatic imine (C=N–C) groups is 1. The Balaban J connectivity index is 0.00000420. The van der Waals surface area contributed by atoms with Crippen molar-refractivity contribution in [3.8, 4) is 0 Å². The van der Waals surface area contributed by atoms with Crippen LogP contribution in [0.15, 0.2) is 29.3 Å². The van der Waals surface area contributed by atoms with E-state index in [-0.39, 0.29) is 42.2 Å². The van der Waals surface area contributed by atoms with E-state index in [9.17, 15) is 9.18 Å². The van der Waals surface area contributed by atoms with Crippen molar-refractivity contribution in [1.82, 2.24) is 20.4 Å². The number of hydrogen-bond donors (Lipinski definition) is 2. The average Bonchev–Trinajstić information content (AvgIpc) is 2.66. The molecule has 1 aromatic carbocycles. The summed E-state index contributed by atoms with van der Waals surface area (Å²) in [6, 6.07) is 7.06. The lowest BCUT2D eigenvalue weighted by Crippen LogP contribution is -2.49. The summed E-state index contributed by atoms with van der Waals surface area (Å²) in [7, 11) is 3.48. The number of nitrogens with one attached hydrogen (secondary N) is 2. The molecule has 1 aliphatic heterocycles. The largest absolute Gasteiger partial charge is 0.356 e. The van der Waals surface area contributed by atoms with Gasteiger partial charge in [0.05, 0.1) is 0 Å². The minimum absolute atomic E-state index is 0. The number of amides is 1. The molecule has 8 heteroatoms. The van der Waals surface area contributed by atoms with Gasteiger partial charge in [-0.15, -0.1) is 24.0 Å². The molecule has 0 unspecified atom stereocenters. The smallest absolute Gasteiger partial charge is 0.243 e. The Morgan fingerprint density at radius 2 is 1.86 bits per heavy atom. The zero-order chi connectivity index (χ0) is 20.5. The third kappa shape index (κ3) is 9.75. The van der Waals surface area contributed by atoms with Gasteiger partial charge in [0.15, 0.2) is 5.96 Å². The molecule has 1 saturated heterocycles. The minimum atomic E-state index is -0.194. The highest BCUT2D eigenvalue weighted by Crippen LogP contribution is 2.14. The van der Waals surface area contributed by atoms with E-state index < -0.39 is 0 Å². The van der Waals surface area contributed by atoms with E-state index in [1.807, 2.05) is 12.1 Å². The van der Waals surface area contributed by atoms with Gasteiger partial charge in [-0.2, -0.15) is 0 Å². The summed E-state index contributed by atoms with van der Waals surface area (Å²) in [6.07, 6.45) is 2.01. The summed E-state index contributed by atoms with van der Waals surface area (Å²) in [5.41, 5.74) is 1.14. The monoisotopic (exact) mass is 519 g/mol. The number of piperidine rings is 1. The molecule has 1 amide bonds. The molecule has 0 atom stereocenters. The Morgan fingerprint density at radius 3 is 2.41 bits per heavy atom. The Morgan fingerprint density at radius 1 is 1.24 bits per heavy atom. The van der Waals surface area contributed by atoms with Crippen molar-refractivity contribution in [3.05, 3.63) is 35.6 Å². The molecule has 0 spiro atoms. The van der Waals surface area contributed by atoms with Gasteiger partial charge < -0.3 is 15.5 Å². The van der Waals surface area contributed by atoms with E-state index in [2.05, 4.69) is 34.4 Å². The van der Waals surface area contributed by atoms with E-state index in [0.717, 1.165) is 44.6 Å². The third-order valence-corrected chi connectivity index (χ3v) is 4.80. The summed E-state index contributed by atoms with van der Waals surface area (Å²) in [6.45, 7) is 8.03. The number of hydrogen-bond acceptors (Lipinski definition) is 3. The van der Waals surface area contributed by atoms with Crippen molar-refractivity contribution < 1.29 is 9.18 Å². The Hall–Kier alpha value is -1.42. The number of nitrogens with zero attached hydrogens (tertiary/aromatic N) is 3. The molecule has 6 nitrogen and oxygen atoms in total. The second-order valence-corrected chi connectivity index (χ2v) is 8.05. The lowest BCUT2D eigenvalue weighted by atomic mass is 10.0. The molecule has 0 saturated carbocycles. The molecule has 0 bridgehead atoms. The molecule has 164 valence electrons. The maximum atomic E-state index is 13.0. The Kier molecular flexibility index (Phi) is 11.5. The van der Waals surface area contributed by atoms with Crippen LogP contribution in [-0.2, 0) is 11.3 Å². The molecule has 2 rings (SSSR count). The summed E-state index contributed by atoms with van der Waals surface area (Å²) in [4.78, 5) is 20.2. The van der Waals surface area contributed by atoms with Crippen LogP contribution >= 0.6 is 24.0 Å². The number of carbonyl (C=O) groups is 1. The second kappa shape index (κ2) is 13.0. The lowest BCUT2D eigenvalue weighted by molar-refractivity contribution is -0.127. The molecular weight excluding hydrogens is 484 g/mol. The normalized spacial score (nSPS) is 15.7. The van der Waals surface area contributed by atoms with Gasteiger partial charge in [0.25, 0.3) is 0 Å². The molecule has 0 radical (unpaired) electrons. The number of guanidine groups is 1. The molecule has 1 heterocycles. The number of carbonyl (C=O) groups excluding carboxylic acids is 1. The topological polar surface area (TPSA) is 60.0 Å². The molecule has 1 aromatic rings. The number of likely N-dealkylation sites (tertiary alicyclic amines) is 1. The van der Waals surface area contributed by atoms with Crippen molar-refractivity contribution in [2.24, 2.45) is 10.9 Å². The first-order valence-electron chi connectivity index (χ1n) is 10.0. The molecular formula is C21H35FIN5O. The summed E-state index contributed by atoms with van der Waals surface area (Å²) < 4.78 is 13.0. The van der Waals surface area contributed by atoms with E-state index >= 15 is 0 Å². The van der Waals surface area contributed by atoms with Gasteiger partial charge in [-0.05, 0) is 36.5 Å². The van der Waals surface area contributed by atoms with Gasteiger partial charge in [0.1, 0.15) is 12.4 Å². The van der Waals surface area contributed by atoms with Crippen LogP contribution < -0.4 is 10.6 Å². The SMILES string of the molecule is CC(C)CNC(=NCC(=O)N(C)C)NC1CCN(Cc2ccc(F)cc2)CC1.I. The van der Waals surface area contributed by atoms with Crippen molar-refractivity contribution >= 4 is 35.8 Å². The minimum Gasteiger partial charge on any atom is -0.356 e. The summed E-state index contributed by atoms with van der Waals surface area (Å²) in [5.74, 6) is 0.995. The average molecular weight is 519 g/mol. The van der Waals surface area contributed by atoms with Crippen LogP contribution in [0.2, 0.25) is 0 Å². The van der Waals surface area contributed by atoms with Gasteiger partial charge in [-0.25, -0.2) is 9.38 Å². The first kappa shape index (κ1) is 25.6. The van der Waals surface area contributed by atoms with Crippen molar-refractivity contribution in [1.29, 1.82) is 0 Å². The predicted octanol–water partition coefficient (Wildman–Crippen LogP) is 2.69. The van der Waals surface area contributed by atoms with Crippen molar-refractivity contribution in [2.45, 2.75) is 39.3 Å². The van der Waals surface area contributed by atoms with Crippen LogP contribution in [0, 0.1) is 11.7 Å². The first-order chi connectivity index (χ1) is 13.3. The highest BCUT2D eigenvalue weighted by Gasteiger charge is 2.20. The predicted molar refractivity (Wildman–Crippen MR) is 127 cm³/mol. The Bertz CT molecular complexity index is 643. The van der Waals surface area contributed by atoms with Crippen molar-refractivity contribution in [2.75, 3.05) is 40.3 Å². The molecule has 29 heavy (non-hydrogen) atoms. The van der Waals surface area contributed by atoms with E-state index in [1.165, 1.54) is 12.1 Å². The van der Waals surface area contributed by atoms with Crippen LogP contribution in [0.4, 0.5) is 4.39 Å². The Labute approximate surface area is 191 Å². The zero-order valence-electron chi connectivity index (χ0n) is 17.9. The van der Waals surface area contributed by atoms with Gasteiger partial charge in [0.2, 0.25) is 5.91 Å². The van der Waals surface area contributed by atoms with Crippen LogP contribution in [0.3, 0.4) is 0 Å². The highest BCUT2D eigenvalue weighted by atomic mass is 127. The third-order valence-electron chi connectivity index (χ3n) is 4.80. The maximum Gasteiger partial charge on any atom is 0.243 e. The number of likely N-dealkylation sites (N-methyl/N-ethyl adjacent to an activating group) is 1. The fourth-order valence-corrected chi connectivity index (χ4v) is 3.02. The van der Waals surface area contributed by atoms with Crippen LogP contribution in [0.25, 0.3) is 0 Å².